The van der Waals surface area contributed by atoms with Crippen LogP contribution in [0.5, 0.6) is 0 Å². The maximum atomic E-state index is 13.9. The fourth-order valence-corrected chi connectivity index (χ4v) is 3.08. The largest absolute Gasteiger partial charge is 0.465 e. The number of ether oxygens (including phenoxy) is 2. The van der Waals surface area contributed by atoms with Crippen molar-refractivity contribution in [3.63, 3.8) is 0 Å². The summed E-state index contributed by atoms with van der Waals surface area (Å²) < 4.78 is 294. The molecule has 0 aromatic carbocycles. The van der Waals surface area contributed by atoms with E-state index >= 15 is 0 Å². The zero-order valence-corrected chi connectivity index (χ0v) is 23.5. The molecule has 0 heterocycles. The first-order chi connectivity index (χ1) is 20.6. The van der Waals surface area contributed by atoms with Crippen LogP contribution in [0.2, 0.25) is 0 Å². The number of esters is 2. The van der Waals surface area contributed by atoms with Crippen LogP contribution < -0.4 is 0 Å². The first-order valence-corrected chi connectivity index (χ1v) is 11.9. The Bertz CT molecular complexity index is 1140. The third-order valence-electron chi connectivity index (χ3n) is 6.11. The topological polar surface area (TPSA) is 52.6 Å². The number of halogens is 22. The normalized spacial score (nSPS) is 16.1. The first kappa shape index (κ1) is 45.4. The third-order valence-corrected chi connectivity index (χ3v) is 6.11. The Morgan fingerprint density at radius 2 is 0.771 bits per heavy atom. The van der Waals surface area contributed by atoms with Crippen molar-refractivity contribution in [3.05, 3.63) is 0 Å². The molecule has 0 bridgehead atoms. The summed E-state index contributed by atoms with van der Waals surface area (Å²) in [6, 6.07) is -2.17. The van der Waals surface area contributed by atoms with Gasteiger partial charge in [0.25, 0.3) is 0 Å². The van der Waals surface area contributed by atoms with Crippen molar-refractivity contribution in [3.8, 4) is 0 Å². The molecule has 0 spiro atoms. The molecule has 0 amide bonds. The van der Waals surface area contributed by atoms with Crippen molar-refractivity contribution in [1.82, 2.24) is 0 Å². The number of rotatable bonds is 16. The second-order valence-electron chi connectivity index (χ2n) is 10.6. The van der Waals surface area contributed by atoms with E-state index < -0.39 is 115 Å². The summed E-state index contributed by atoms with van der Waals surface area (Å²) in [5.41, 5.74) is 0. The maximum Gasteiger partial charge on any atom is 0.460 e. The summed E-state index contributed by atoms with van der Waals surface area (Å²) in [7, 11) is 2.75. The Morgan fingerprint density at radius 1 is 0.479 bits per heavy atom. The molecule has 0 aliphatic heterocycles. The summed E-state index contributed by atoms with van der Waals surface area (Å²) in [5.74, 6) is -63.2. The smallest absolute Gasteiger partial charge is 0.460 e. The Labute approximate surface area is 252 Å². The number of alkyl halides is 22. The van der Waals surface area contributed by atoms with Crippen LogP contribution in [0.3, 0.4) is 0 Å². The van der Waals surface area contributed by atoms with Crippen molar-refractivity contribution >= 4 is 11.9 Å². The molecule has 0 aromatic rings. The summed E-state index contributed by atoms with van der Waals surface area (Å²) in [6.07, 6.45) is -22.0. The predicted molar refractivity (Wildman–Crippen MR) is 109 cm³/mol. The van der Waals surface area contributed by atoms with Crippen LogP contribution in [0, 0.1) is 0 Å². The Hall–Kier alpha value is -2.64. The second kappa shape index (κ2) is 13.2. The van der Waals surface area contributed by atoms with Gasteiger partial charge in [-0.05, 0) is 0 Å². The van der Waals surface area contributed by atoms with E-state index in [1.807, 2.05) is 0 Å². The van der Waals surface area contributed by atoms with E-state index in [1.165, 1.54) is 0 Å². The van der Waals surface area contributed by atoms with Crippen LogP contribution in [-0.2, 0) is 19.1 Å². The monoisotopic (exact) mass is 768 g/mol. The predicted octanol–water partition coefficient (Wildman–Crippen LogP) is 7.52. The molecule has 0 rings (SSSR count). The average Bonchev–Trinajstić information content (AvgIpc) is 2.84. The molecule has 1 unspecified atom stereocenters. The molecular weight excluding hydrogens is 748 g/mol. The number of carbonyl (C=O) groups is 2. The summed E-state index contributed by atoms with van der Waals surface area (Å²) in [6.45, 7) is -4.29. The van der Waals surface area contributed by atoms with Crippen molar-refractivity contribution < 1.29 is 120 Å². The molecule has 27 heteroatoms. The molecule has 0 fully saturated rings. The lowest BCUT2D eigenvalue weighted by atomic mass is 9.93. The molecule has 0 radical (unpaired) electrons. The van der Waals surface area contributed by atoms with E-state index in [-0.39, 0.29) is 0 Å². The van der Waals surface area contributed by atoms with Gasteiger partial charge in [0, 0.05) is 0 Å². The van der Waals surface area contributed by atoms with Gasteiger partial charge in [-0.15, -0.1) is 0 Å². The Morgan fingerprint density at radius 3 is 1.10 bits per heavy atom. The molecule has 0 saturated heterocycles. The van der Waals surface area contributed by atoms with E-state index in [9.17, 15) is 106 Å². The minimum atomic E-state index is -8.20. The van der Waals surface area contributed by atoms with E-state index in [1.54, 1.807) is 0 Å². The van der Waals surface area contributed by atoms with Crippen molar-refractivity contribution in [2.24, 2.45) is 0 Å². The highest BCUT2D eigenvalue weighted by Crippen LogP contribution is 2.60. The maximum absolute atomic E-state index is 13.9. The molecule has 0 aromatic heterocycles. The van der Waals surface area contributed by atoms with Gasteiger partial charge in [0.2, 0.25) is 0 Å². The van der Waals surface area contributed by atoms with Crippen LogP contribution in [-0.4, -0.2) is 117 Å². The van der Waals surface area contributed by atoms with Crippen LogP contribution in [0.4, 0.5) is 96.6 Å². The van der Waals surface area contributed by atoms with Crippen LogP contribution in [0.25, 0.3) is 0 Å². The molecule has 0 aliphatic rings. The highest BCUT2D eigenvalue weighted by Gasteiger charge is 2.90. The lowest BCUT2D eigenvalue weighted by Crippen LogP contribution is -2.70. The van der Waals surface area contributed by atoms with Gasteiger partial charge in [-0.25, -0.2) is 4.79 Å². The number of likely N-dealkylation sites (N-methyl/N-ethyl adjacent to an activating group) is 1. The van der Waals surface area contributed by atoms with Crippen molar-refractivity contribution in [2.45, 2.75) is 85.0 Å². The second-order valence-corrected chi connectivity index (χ2v) is 10.6. The lowest BCUT2D eigenvalue weighted by Gasteiger charge is -2.39. The van der Waals surface area contributed by atoms with Gasteiger partial charge in [-0.1, -0.05) is 0 Å². The SMILES string of the molecule is C[N+](C)(C)C(CC(=O)OCCC(F)(F)C(F)(F)C(F)(F)C(F)(F)F)C(=O)OCCC(F)(F)C(F)(F)C(F)(F)C(F)(F)C(F)(F)C(F)(F)F. The minimum Gasteiger partial charge on any atom is -0.465 e. The van der Waals surface area contributed by atoms with Gasteiger partial charge in [0.15, 0.2) is 6.04 Å². The first-order valence-electron chi connectivity index (χ1n) is 11.9. The van der Waals surface area contributed by atoms with Gasteiger partial charge in [-0.3, -0.25) is 4.79 Å². The van der Waals surface area contributed by atoms with E-state index in [2.05, 4.69) is 9.47 Å². The Balaban J connectivity index is 5.71. The number of nitrogens with zero attached hydrogens (tertiary/aromatic N) is 1. The van der Waals surface area contributed by atoms with Gasteiger partial charge in [-0.2, -0.15) is 96.6 Å². The number of hydrogen-bond acceptors (Lipinski definition) is 4. The molecule has 0 N–H and O–H groups in total. The standard InChI is InChI=1S/C21H20F22NO4/c1-44(2,3)9(8-10(45)47-6-4-13(24,25)15(28,29)18(34,35)20(38,39)40)11(46)48-7-5-12(22,23)14(26,27)16(30,31)17(32,33)19(36,37)21(41,42)43/h9H,4-8H2,1-3H3/q+1. The summed E-state index contributed by atoms with van der Waals surface area (Å²) in [5, 5.41) is 0. The zero-order chi connectivity index (χ0) is 39.2. The molecular formula is C21H20F22NO4+. The molecule has 0 saturated carbocycles. The fraction of sp³-hybridized carbons (Fsp3) is 0.905. The molecule has 5 nitrogen and oxygen atoms in total. The molecule has 48 heavy (non-hydrogen) atoms. The zero-order valence-electron chi connectivity index (χ0n) is 23.5. The summed E-state index contributed by atoms with van der Waals surface area (Å²) in [4.78, 5) is 24.1. The minimum absolute atomic E-state index is 0.916. The fourth-order valence-electron chi connectivity index (χ4n) is 3.08. The highest BCUT2D eigenvalue weighted by molar-refractivity contribution is 5.81. The van der Waals surface area contributed by atoms with Crippen molar-refractivity contribution in [1.29, 1.82) is 0 Å². The van der Waals surface area contributed by atoms with Crippen molar-refractivity contribution in [2.75, 3.05) is 34.4 Å². The van der Waals surface area contributed by atoms with Crippen LogP contribution in [0.15, 0.2) is 0 Å². The lowest BCUT2D eigenvalue weighted by molar-refractivity contribution is -0.886. The number of quaternary nitrogens is 1. The molecule has 286 valence electrons. The summed E-state index contributed by atoms with van der Waals surface area (Å²) >= 11 is 0. The van der Waals surface area contributed by atoms with Gasteiger partial charge in [0.05, 0.1) is 47.2 Å². The van der Waals surface area contributed by atoms with E-state index in [4.69, 9.17) is 0 Å². The van der Waals surface area contributed by atoms with Gasteiger partial charge < -0.3 is 14.0 Å². The number of hydrogen-bond donors (Lipinski definition) is 0. The third kappa shape index (κ3) is 8.21. The van der Waals surface area contributed by atoms with Gasteiger partial charge in [0.1, 0.15) is 6.42 Å². The van der Waals surface area contributed by atoms with E-state index in [0.717, 1.165) is 21.1 Å². The average molecular weight is 768 g/mol. The molecule has 1 atom stereocenters. The Kier molecular flexibility index (Phi) is 12.5. The van der Waals surface area contributed by atoms with Crippen LogP contribution in [0.1, 0.15) is 19.3 Å². The highest BCUT2D eigenvalue weighted by atomic mass is 19.4. The van der Waals surface area contributed by atoms with E-state index in [0.29, 0.717) is 0 Å². The molecule has 0 aliphatic carbocycles. The van der Waals surface area contributed by atoms with Crippen LogP contribution >= 0.6 is 0 Å². The number of carbonyl (C=O) groups excluding carboxylic acids is 2. The quantitative estimate of drug-likeness (QED) is 0.0927. The van der Waals surface area contributed by atoms with Gasteiger partial charge >= 0.3 is 71.7 Å².